The molecule has 0 bridgehead atoms. The Labute approximate surface area is 364 Å². The Morgan fingerprint density at radius 1 is 0.661 bits per heavy atom. The second-order valence-corrected chi connectivity index (χ2v) is 15.1. The predicted octanol–water partition coefficient (Wildman–Crippen LogP) is 2.90. The molecule has 0 fully saturated rings. The average molecular weight is 870 g/mol. The molecule has 4 rings (SSSR count). The van der Waals surface area contributed by atoms with Gasteiger partial charge in [-0.05, 0) is 110 Å². The van der Waals surface area contributed by atoms with Gasteiger partial charge in [0, 0.05) is 31.1 Å². The number of nitrogens with zero attached hydrogens (tertiary/aromatic N) is 1. The largest absolute Gasteiger partial charge is 0.508 e. The van der Waals surface area contributed by atoms with E-state index in [-0.39, 0.29) is 29.9 Å². The van der Waals surface area contributed by atoms with Crippen LogP contribution < -0.4 is 32.3 Å². The maximum atomic E-state index is 14.3. The molecule has 0 spiro atoms. The van der Waals surface area contributed by atoms with Gasteiger partial charge in [0.15, 0.2) is 0 Å². The van der Waals surface area contributed by atoms with Gasteiger partial charge in [-0.15, -0.1) is 0 Å². The molecule has 9 N–H and O–H groups in total. The number of hydrogen-bond acceptors (Lipinski definition) is 10. The Morgan fingerprint density at radius 3 is 1.77 bits per heavy atom. The van der Waals surface area contributed by atoms with Crippen molar-refractivity contribution in [2.45, 2.75) is 69.7 Å². The summed E-state index contributed by atoms with van der Waals surface area (Å²) < 4.78 is 0. The van der Waals surface area contributed by atoms with Crippen molar-refractivity contribution in [2.24, 2.45) is 5.73 Å². The van der Waals surface area contributed by atoms with Gasteiger partial charge < -0.3 is 47.4 Å². The lowest BCUT2D eigenvalue weighted by Gasteiger charge is -2.32. The lowest BCUT2D eigenvalue weighted by Crippen LogP contribution is -2.57. The Balaban J connectivity index is 1.55. The normalized spacial score (nSPS) is 13.3. The van der Waals surface area contributed by atoms with E-state index in [0.29, 0.717) is 35.5 Å². The first-order chi connectivity index (χ1) is 29.5. The molecule has 0 aromatic heterocycles. The van der Waals surface area contributed by atoms with Crippen LogP contribution in [0.1, 0.15) is 60.6 Å². The van der Waals surface area contributed by atoms with E-state index in [9.17, 15) is 43.8 Å². The molecular formula is C45H52ClN7O9. The van der Waals surface area contributed by atoms with Gasteiger partial charge in [0.1, 0.15) is 35.7 Å². The highest BCUT2D eigenvalue weighted by molar-refractivity contribution is 6.38. The van der Waals surface area contributed by atoms with Crippen molar-refractivity contribution in [1.29, 1.82) is 0 Å². The maximum absolute atomic E-state index is 14.3. The fraction of sp³-hybridized carbons (Fsp3) is 0.311. The third kappa shape index (κ3) is 13.4. The highest BCUT2D eigenvalue weighted by Gasteiger charge is 2.35. The van der Waals surface area contributed by atoms with E-state index < -0.39 is 71.4 Å². The minimum absolute atomic E-state index is 0.0312. The van der Waals surface area contributed by atoms with Crippen LogP contribution in [-0.4, -0.2) is 101 Å². The van der Waals surface area contributed by atoms with Gasteiger partial charge >= 0.3 is 0 Å². The van der Waals surface area contributed by atoms with Gasteiger partial charge in [0.2, 0.25) is 29.4 Å². The summed E-state index contributed by atoms with van der Waals surface area (Å²) in [4.78, 5) is 94.8. The standard InChI is InChI=1S/C45H52ClN7O9/c1-26(39(56)44(61)48-3)49-42(59)37(25-28-8-20-34(54)21-9-28)52-40(57)27(2)50-43(60)38(31-16-22-35(55)23-17-31)53(4)45(62)36(7-5-6-24-47)51-41(58)32-12-10-29(11-13-32)30-14-18-33(46)19-15-30/h8-23,26-27,36-38,54-55H,5-7,24-25,47H2,1-4H3,(H,48,61)(H,49,59)(H,50,60)(H,51,58)(H,52,57)/t26?,27-,36-,37-,38-/m0/s1. The molecule has 6 amide bonds. The first kappa shape index (κ1) is 47.9. The lowest BCUT2D eigenvalue weighted by atomic mass is 10.0. The second-order valence-electron chi connectivity index (χ2n) is 14.7. The summed E-state index contributed by atoms with van der Waals surface area (Å²) in [5.74, 6) is -5.54. The van der Waals surface area contributed by atoms with Crippen molar-refractivity contribution in [3.63, 3.8) is 0 Å². The molecule has 1 unspecified atom stereocenters. The molecule has 0 aliphatic heterocycles. The third-order valence-electron chi connectivity index (χ3n) is 10.0. The van der Waals surface area contributed by atoms with E-state index in [1.165, 1.54) is 76.5 Å². The number of hydrogen-bond donors (Lipinski definition) is 8. The van der Waals surface area contributed by atoms with Crippen LogP contribution in [0.3, 0.4) is 0 Å². The van der Waals surface area contributed by atoms with E-state index in [4.69, 9.17) is 17.3 Å². The number of carbonyl (C=O) groups is 7. The SMILES string of the molecule is CNC(=O)C(=O)C(C)NC(=O)[C@H](Cc1ccc(O)cc1)NC(=O)[C@H](C)NC(=O)[C@H](c1ccc(O)cc1)N(C)C(=O)[C@H](CCCCN)NC(=O)c1ccc(-c2ccc(Cl)cc2)cc1. The van der Waals surface area contributed by atoms with Crippen LogP contribution in [0.25, 0.3) is 11.1 Å². The summed E-state index contributed by atoms with van der Waals surface area (Å²) in [5, 5.41) is 33.1. The second kappa shape index (κ2) is 22.7. The highest BCUT2D eigenvalue weighted by Crippen LogP contribution is 2.25. The smallest absolute Gasteiger partial charge is 0.289 e. The quantitative estimate of drug-likeness (QED) is 0.0477. The minimum atomic E-state index is -1.38. The van der Waals surface area contributed by atoms with Gasteiger partial charge in [0.25, 0.3) is 11.8 Å². The number of carbonyl (C=O) groups excluding carboxylic acids is 7. The summed E-state index contributed by atoms with van der Waals surface area (Å²) in [7, 11) is 2.65. The molecule has 4 aromatic rings. The highest BCUT2D eigenvalue weighted by atomic mass is 35.5. The number of amides is 6. The number of phenolic OH excluding ortho intramolecular Hbond substituents is 2. The number of rotatable bonds is 20. The summed E-state index contributed by atoms with van der Waals surface area (Å²) in [6.07, 6.45) is 1.12. The van der Waals surface area contributed by atoms with Crippen LogP contribution in [0.4, 0.5) is 0 Å². The first-order valence-corrected chi connectivity index (χ1v) is 20.3. The molecule has 0 saturated carbocycles. The summed E-state index contributed by atoms with van der Waals surface area (Å²) in [6.45, 7) is 3.03. The Bertz CT molecular complexity index is 2200. The summed E-state index contributed by atoms with van der Waals surface area (Å²) >= 11 is 6.03. The Morgan fingerprint density at radius 2 is 1.21 bits per heavy atom. The van der Waals surface area contributed by atoms with Crippen LogP contribution in [0.5, 0.6) is 11.5 Å². The van der Waals surface area contributed by atoms with Gasteiger partial charge in [-0.2, -0.15) is 0 Å². The molecule has 62 heavy (non-hydrogen) atoms. The van der Waals surface area contributed by atoms with Crippen molar-refractivity contribution < 1.29 is 43.8 Å². The number of phenols is 2. The monoisotopic (exact) mass is 869 g/mol. The minimum Gasteiger partial charge on any atom is -0.508 e. The molecule has 5 atom stereocenters. The molecule has 0 aliphatic rings. The van der Waals surface area contributed by atoms with Crippen LogP contribution >= 0.6 is 11.6 Å². The number of likely N-dealkylation sites (N-methyl/N-ethyl adjacent to an activating group) is 2. The molecule has 0 aliphatic carbocycles. The van der Waals surface area contributed by atoms with Gasteiger partial charge in [-0.25, -0.2) is 0 Å². The molecular weight excluding hydrogens is 818 g/mol. The Kier molecular flexibility index (Phi) is 17.5. The zero-order valence-electron chi connectivity index (χ0n) is 34.8. The predicted molar refractivity (Wildman–Crippen MR) is 233 cm³/mol. The fourth-order valence-electron chi connectivity index (χ4n) is 6.46. The van der Waals surface area contributed by atoms with Crippen LogP contribution in [0.15, 0.2) is 97.1 Å². The zero-order valence-corrected chi connectivity index (χ0v) is 35.6. The first-order valence-electron chi connectivity index (χ1n) is 19.9. The van der Waals surface area contributed by atoms with E-state index in [1.807, 2.05) is 12.1 Å². The van der Waals surface area contributed by atoms with E-state index >= 15 is 0 Å². The van der Waals surface area contributed by atoms with Crippen LogP contribution in [-0.2, 0) is 35.2 Å². The molecule has 0 radical (unpaired) electrons. The molecule has 4 aromatic carbocycles. The number of benzene rings is 4. The van der Waals surface area contributed by atoms with Gasteiger partial charge in [-0.1, -0.05) is 60.1 Å². The van der Waals surface area contributed by atoms with E-state index in [1.54, 1.807) is 36.4 Å². The van der Waals surface area contributed by atoms with Crippen LogP contribution in [0.2, 0.25) is 5.02 Å². The van der Waals surface area contributed by atoms with Crippen molar-refractivity contribution in [3.05, 3.63) is 119 Å². The Hall–Kier alpha value is -6.78. The van der Waals surface area contributed by atoms with Crippen molar-refractivity contribution in [1.82, 2.24) is 31.5 Å². The molecule has 0 saturated heterocycles. The zero-order chi connectivity index (χ0) is 45.5. The van der Waals surface area contributed by atoms with Gasteiger partial charge in [0.05, 0.1) is 6.04 Å². The fourth-order valence-corrected chi connectivity index (χ4v) is 6.59. The number of unbranched alkanes of at least 4 members (excludes halogenated alkanes) is 1. The lowest BCUT2D eigenvalue weighted by molar-refractivity contribution is -0.142. The number of nitrogens with one attached hydrogen (secondary N) is 5. The van der Waals surface area contributed by atoms with E-state index in [0.717, 1.165) is 16.0 Å². The summed E-state index contributed by atoms with van der Waals surface area (Å²) in [5.41, 5.74) is 8.57. The van der Waals surface area contributed by atoms with Crippen molar-refractivity contribution in [2.75, 3.05) is 20.6 Å². The number of ketones is 1. The molecule has 328 valence electrons. The number of halogens is 1. The van der Waals surface area contributed by atoms with Crippen molar-refractivity contribution >= 4 is 52.8 Å². The van der Waals surface area contributed by atoms with Crippen molar-refractivity contribution in [3.8, 4) is 22.6 Å². The molecule has 16 nitrogen and oxygen atoms in total. The summed E-state index contributed by atoms with van der Waals surface area (Å²) in [6, 6.07) is 19.1. The number of Topliss-reactive ketones (excluding diaryl/α,β-unsaturated/α-hetero) is 1. The topological polar surface area (TPSA) is 249 Å². The maximum Gasteiger partial charge on any atom is 0.289 e. The third-order valence-corrected chi connectivity index (χ3v) is 10.3. The van der Waals surface area contributed by atoms with E-state index in [2.05, 4.69) is 26.6 Å². The number of nitrogens with two attached hydrogens (primary N) is 1. The van der Waals surface area contributed by atoms with Crippen LogP contribution in [0, 0.1) is 0 Å². The average Bonchev–Trinajstić information content (AvgIpc) is 3.26. The molecule has 17 heteroatoms. The molecule has 0 heterocycles. The van der Waals surface area contributed by atoms with Gasteiger partial charge in [-0.3, -0.25) is 33.6 Å². The number of aromatic hydroxyl groups is 2.